The van der Waals surface area contributed by atoms with Gasteiger partial charge in [-0.05, 0) is 36.9 Å². The molecule has 0 aliphatic rings. The van der Waals surface area contributed by atoms with E-state index in [1.807, 2.05) is 26.0 Å². The Morgan fingerprint density at radius 3 is 2.52 bits per heavy atom. The SMILES string of the molecule is CC(C)CC(CNC(=O)c1ccccc1CCN)C(=O)O. The van der Waals surface area contributed by atoms with Crippen LogP contribution in [0.15, 0.2) is 24.3 Å². The zero-order valence-electron chi connectivity index (χ0n) is 12.6. The van der Waals surface area contributed by atoms with Crippen LogP contribution in [0.3, 0.4) is 0 Å². The summed E-state index contributed by atoms with van der Waals surface area (Å²) in [5.74, 6) is -1.41. The molecule has 4 N–H and O–H groups in total. The molecule has 116 valence electrons. The molecular formula is C16H24N2O3. The number of hydrogen-bond donors (Lipinski definition) is 3. The number of nitrogens with two attached hydrogens (primary N) is 1. The van der Waals surface area contributed by atoms with Crippen LogP contribution in [0.2, 0.25) is 0 Å². The van der Waals surface area contributed by atoms with E-state index in [0.29, 0.717) is 24.9 Å². The first-order valence-electron chi connectivity index (χ1n) is 7.24. The number of carbonyl (C=O) groups excluding carboxylic acids is 1. The van der Waals surface area contributed by atoms with Crippen molar-refractivity contribution in [3.8, 4) is 0 Å². The van der Waals surface area contributed by atoms with E-state index in [0.717, 1.165) is 5.56 Å². The third-order valence-corrected chi connectivity index (χ3v) is 3.29. The average molecular weight is 292 g/mol. The highest BCUT2D eigenvalue weighted by atomic mass is 16.4. The van der Waals surface area contributed by atoms with Crippen molar-refractivity contribution in [2.75, 3.05) is 13.1 Å². The summed E-state index contributed by atoms with van der Waals surface area (Å²) in [4.78, 5) is 23.4. The van der Waals surface area contributed by atoms with Gasteiger partial charge in [0.2, 0.25) is 0 Å². The quantitative estimate of drug-likeness (QED) is 0.679. The number of amides is 1. The van der Waals surface area contributed by atoms with E-state index in [1.165, 1.54) is 0 Å². The molecule has 0 saturated heterocycles. The summed E-state index contributed by atoms with van der Waals surface area (Å²) in [7, 11) is 0. The number of hydrogen-bond acceptors (Lipinski definition) is 3. The molecule has 0 bridgehead atoms. The highest BCUT2D eigenvalue weighted by Crippen LogP contribution is 2.13. The Morgan fingerprint density at radius 2 is 1.95 bits per heavy atom. The van der Waals surface area contributed by atoms with Crippen molar-refractivity contribution in [2.24, 2.45) is 17.6 Å². The summed E-state index contributed by atoms with van der Waals surface area (Å²) in [6.07, 6.45) is 1.16. The summed E-state index contributed by atoms with van der Waals surface area (Å²) < 4.78 is 0. The third-order valence-electron chi connectivity index (χ3n) is 3.29. The molecule has 0 aliphatic carbocycles. The van der Waals surface area contributed by atoms with Crippen LogP contribution in [0.25, 0.3) is 0 Å². The molecule has 1 rings (SSSR count). The van der Waals surface area contributed by atoms with Crippen LogP contribution in [0.4, 0.5) is 0 Å². The Labute approximate surface area is 125 Å². The summed E-state index contributed by atoms with van der Waals surface area (Å²) in [6.45, 7) is 4.54. The van der Waals surface area contributed by atoms with Crippen molar-refractivity contribution in [3.63, 3.8) is 0 Å². The Kier molecular flexibility index (Phi) is 6.88. The molecule has 1 atom stereocenters. The molecular weight excluding hydrogens is 268 g/mol. The number of carbonyl (C=O) groups is 2. The highest BCUT2D eigenvalue weighted by molar-refractivity contribution is 5.95. The van der Waals surface area contributed by atoms with Gasteiger partial charge in [-0.15, -0.1) is 0 Å². The van der Waals surface area contributed by atoms with Gasteiger partial charge < -0.3 is 16.2 Å². The molecule has 1 aromatic carbocycles. The highest BCUT2D eigenvalue weighted by Gasteiger charge is 2.20. The fourth-order valence-corrected chi connectivity index (χ4v) is 2.27. The fourth-order valence-electron chi connectivity index (χ4n) is 2.27. The molecule has 0 aliphatic heterocycles. The van der Waals surface area contributed by atoms with Crippen molar-refractivity contribution in [3.05, 3.63) is 35.4 Å². The van der Waals surface area contributed by atoms with Gasteiger partial charge in [0.15, 0.2) is 0 Å². The summed E-state index contributed by atoms with van der Waals surface area (Å²) in [5.41, 5.74) is 6.99. The minimum absolute atomic E-state index is 0.142. The van der Waals surface area contributed by atoms with E-state index in [1.54, 1.807) is 12.1 Å². The molecule has 0 spiro atoms. The fraction of sp³-hybridized carbons (Fsp3) is 0.500. The maximum atomic E-state index is 12.2. The van der Waals surface area contributed by atoms with E-state index in [2.05, 4.69) is 5.32 Å². The second-order valence-electron chi connectivity index (χ2n) is 5.57. The lowest BCUT2D eigenvalue weighted by Gasteiger charge is -2.16. The molecule has 1 aromatic rings. The van der Waals surface area contributed by atoms with Crippen molar-refractivity contribution in [1.29, 1.82) is 0 Å². The Hall–Kier alpha value is -1.88. The first-order chi connectivity index (χ1) is 9.95. The van der Waals surface area contributed by atoms with Crippen molar-refractivity contribution in [1.82, 2.24) is 5.32 Å². The van der Waals surface area contributed by atoms with Gasteiger partial charge in [-0.3, -0.25) is 9.59 Å². The molecule has 0 radical (unpaired) electrons. The second-order valence-corrected chi connectivity index (χ2v) is 5.57. The molecule has 1 amide bonds. The predicted octanol–water partition coefficient (Wildman–Crippen LogP) is 1.66. The average Bonchev–Trinajstić information content (AvgIpc) is 2.43. The minimum atomic E-state index is -0.876. The third kappa shape index (κ3) is 5.55. The molecule has 5 heteroatoms. The van der Waals surface area contributed by atoms with Crippen LogP contribution in [0, 0.1) is 11.8 Å². The lowest BCUT2D eigenvalue weighted by molar-refractivity contribution is -0.142. The zero-order valence-corrected chi connectivity index (χ0v) is 12.6. The van der Waals surface area contributed by atoms with Gasteiger partial charge in [0, 0.05) is 12.1 Å². The molecule has 1 unspecified atom stereocenters. The first kappa shape index (κ1) is 17.2. The van der Waals surface area contributed by atoms with Gasteiger partial charge in [0.05, 0.1) is 5.92 Å². The van der Waals surface area contributed by atoms with Gasteiger partial charge in [-0.25, -0.2) is 0 Å². The van der Waals surface area contributed by atoms with Crippen molar-refractivity contribution < 1.29 is 14.7 Å². The summed E-state index contributed by atoms with van der Waals surface area (Å²) >= 11 is 0. The number of benzene rings is 1. The van der Waals surface area contributed by atoms with Crippen LogP contribution >= 0.6 is 0 Å². The maximum Gasteiger partial charge on any atom is 0.308 e. The van der Waals surface area contributed by atoms with Gasteiger partial charge >= 0.3 is 5.97 Å². The summed E-state index contributed by atoms with van der Waals surface area (Å²) in [6, 6.07) is 7.25. The molecule has 0 saturated carbocycles. The van der Waals surface area contributed by atoms with Gasteiger partial charge in [-0.2, -0.15) is 0 Å². The Morgan fingerprint density at radius 1 is 1.29 bits per heavy atom. The van der Waals surface area contributed by atoms with Gasteiger partial charge in [0.25, 0.3) is 5.91 Å². The standard InChI is InChI=1S/C16H24N2O3/c1-11(2)9-13(16(20)21)10-18-15(19)14-6-4-3-5-12(14)7-8-17/h3-6,11,13H,7-10,17H2,1-2H3,(H,18,19)(H,20,21). The van der Waals surface area contributed by atoms with E-state index >= 15 is 0 Å². The van der Waals surface area contributed by atoms with E-state index in [-0.39, 0.29) is 18.4 Å². The monoisotopic (exact) mass is 292 g/mol. The van der Waals surface area contributed by atoms with Crippen LogP contribution in [-0.4, -0.2) is 30.1 Å². The number of nitrogens with one attached hydrogen (secondary N) is 1. The van der Waals surface area contributed by atoms with Crippen molar-refractivity contribution in [2.45, 2.75) is 26.7 Å². The zero-order chi connectivity index (χ0) is 15.8. The molecule has 21 heavy (non-hydrogen) atoms. The summed E-state index contributed by atoms with van der Waals surface area (Å²) in [5, 5.41) is 11.9. The number of rotatable bonds is 8. The van der Waals surface area contributed by atoms with E-state index in [4.69, 9.17) is 5.73 Å². The van der Waals surface area contributed by atoms with Crippen LogP contribution in [0.1, 0.15) is 36.2 Å². The number of carboxylic acids is 1. The van der Waals surface area contributed by atoms with Gasteiger partial charge in [-0.1, -0.05) is 32.0 Å². The first-order valence-corrected chi connectivity index (χ1v) is 7.24. The molecule has 0 aromatic heterocycles. The predicted molar refractivity (Wildman–Crippen MR) is 82.1 cm³/mol. The largest absolute Gasteiger partial charge is 0.481 e. The molecule has 0 heterocycles. The van der Waals surface area contributed by atoms with Gasteiger partial charge in [0.1, 0.15) is 0 Å². The lowest BCUT2D eigenvalue weighted by Crippen LogP contribution is -2.34. The number of aliphatic carboxylic acids is 1. The molecule has 0 fully saturated rings. The smallest absolute Gasteiger partial charge is 0.308 e. The second kappa shape index (κ2) is 8.42. The molecule has 5 nitrogen and oxygen atoms in total. The number of carboxylic acid groups (broad SMARTS) is 1. The van der Waals surface area contributed by atoms with Crippen LogP contribution in [0.5, 0.6) is 0 Å². The van der Waals surface area contributed by atoms with E-state index < -0.39 is 11.9 Å². The Balaban J connectivity index is 2.70. The maximum absolute atomic E-state index is 12.2. The van der Waals surface area contributed by atoms with Crippen LogP contribution in [-0.2, 0) is 11.2 Å². The minimum Gasteiger partial charge on any atom is -0.481 e. The van der Waals surface area contributed by atoms with E-state index in [9.17, 15) is 14.7 Å². The van der Waals surface area contributed by atoms with Crippen LogP contribution < -0.4 is 11.1 Å². The Bertz CT molecular complexity index is 486. The van der Waals surface area contributed by atoms with Crippen molar-refractivity contribution >= 4 is 11.9 Å². The topological polar surface area (TPSA) is 92.4 Å². The normalized spacial score (nSPS) is 12.2. The lowest BCUT2D eigenvalue weighted by atomic mass is 9.97.